The van der Waals surface area contributed by atoms with Gasteiger partial charge in [0.1, 0.15) is 11.5 Å². The summed E-state index contributed by atoms with van der Waals surface area (Å²) in [5.41, 5.74) is 3.08. The lowest BCUT2D eigenvalue weighted by Crippen LogP contribution is -2.22. The number of fused-ring (bicyclic) bond motifs is 1. The van der Waals surface area contributed by atoms with E-state index in [1.54, 1.807) is 41.3 Å². The molecule has 0 radical (unpaired) electrons. The fourth-order valence-corrected chi connectivity index (χ4v) is 5.54. The number of pyridine rings is 1. The summed E-state index contributed by atoms with van der Waals surface area (Å²) in [4.78, 5) is 25.2. The summed E-state index contributed by atoms with van der Waals surface area (Å²) >= 11 is 0. The highest BCUT2D eigenvalue weighted by Crippen LogP contribution is 2.33. The lowest BCUT2D eigenvalue weighted by atomic mass is 10.1. The van der Waals surface area contributed by atoms with Gasteiger partial charge in [-0.05, 0) is 69.2 Å². The van der Waals surface area contributed by atoms with Crippen molar-refractivity contribution in [2.75, 3.05) is 5.32 Å². The molecule has 0 saturated carbocycles. The predicted molar refractivity (Wildman–Crippen MR) is 155 cm³/mol. The van der Waals surface area contributed by atoms with Crippen LogP contribution >= 0.6 is 0 Å². The number of anilines is 1. The lowest BCUT2D eigenvalue weighted by molar-refractivity contribution is -0.115. The first-order chi connectivity index (χ1) is 19.5. The van der Waals surface area contributed by atoms with Crippen LogP contribution in [0.15, 0.2) is 84.5 Å². The van der Waals surface area contributed by atoms with Crippen molar-refractivity contribution in [3.63, 3.8) is 0 Å². The van der Waals surface area contributed by atoms with E-state index in [2.05, 4.69) is 25.4 Å². The van der Waals surface area contributed by atoms with E-state index in [4.69, 9.17) is 4.74 Å². The Morgan fingerprint density at radius 1 is 0.976 bits per heavy atom. The molecule has 11 heteroatoms. The third kappa shape index (κ3) is 6.58. The monoisotopic (exact) mass is 570 g/mol. The molecule has 5 rings (SSSR count). The molecule has 3 aromatic heterocycles. The Kier molecular flexibility index (Phi) is 7.55. The molecule has 1 N–H and O–H groups in total. The molecule has 41 heavy (non-hydrogen) atoms. The average molecular weight is 571 g/mol. The molecule has 5 aromatic rings. The van der Waals surface area contributed by atoms with Crippen molar-refractivity contribution < 1.29 is 17.9 Å². The molecule has 210 valence electrons. The topological polar surface area (TPSA) is 129 Å². The second-order valence-electron chi connectivity index (χ2n) is 10.7. The van der Waals surface area contributed by atoms with Gasteiger partial charge in [0.2, 0.25) is 5.91 Å². The number of amides is 1. The number of benzene rings is 2. The van der Waals surface area contributed by atoms with Crippen LogP contribution in [-0.2, 0) is 32.3 Å². The van der Waals surface area contributed by atoms with Gasteiger partial charge in [0.05, 0.1) is 45.7 Å². The van der Waals surface area contributed by atoms with Crippen LogP contribution in [0.2, 0.25) is 0 Å². The van der Waals surface area contributed by atoms with E-state index in [1.807, 2.05) is 46.0 Å². The van der Waals surface area contributed by atoms with E-state index in [1.165, 1.54) is 24.7 Å². The molecule has 2 aromatic carbocycles. The van der Waals surface area contributed by atoms with E-state index < -0.39 is 9.84 Å². The Morgan fingerprint density at radius 2 is 1.80 bits per heavy atom. The minimum absolute atomic E-state index is 0.139. The molecule has 0 aliphatic carbocycles. The van der Waals surface area contributed by atoms with Crippen LogP contribution in [-0.4, -0.2) is 39.1 Å². The first-order valence-electron chi connectivity index (χ1n) is 13.0. The van der Waals surface area contributed by atoms with Crippen molar-refractivity contribution in [2.24, 2.45) is 0 Å². The summed E-state index contributed by atoms with van der Waals surface area (Å²) in [5.74, 6) is 0.634. The molecule has 0 spiro atoms. The van der Waals surface area contributed by atoms with Gasteiger partial charge < -0.3 is 10.1 Å². The molecule has 1 amide bonds. The minimum atomic E-state index is -3.68. The summed E-state index contributed by atoms with van der Waals surface area (Å²) in [6.45, 7) is 8.00. The van der Waals surface area contributed by atoms with Gasteiger partial charge in [-0.2, -0.15) is 5.10 Å². The Bertz CT molecular complexity index is 1830. The fourth-order valence-electron chi connectivity index (χ4n) is 4.26. The normalized spacial score (nSPS) is 11.9. The molecule has 3 heterocycles. The second-order valence-corrected chi connectivity index (χ2v) is 12.7. The zero-order valence-corrected chi connectivity index (χ0v) is 24.0. The van der Waals surface area contributed by atoms with Crippen molar-refractivity contribution in [3.05, 3.63) is 96.5 Å². The van der Waals surface area contributed by atoms with Gasteiger partial charge in [0.15, 0.2) is 9.84 Å². The number of nitrogens with zero attached hydrogens (tertiary/aromatic N) is 5. The zero-order chi connectivity index (χ0) is 29.2. The molecular weight excluding hydrogens is 540 g/mol. The van der Waals surface area contributed by atoms with Gasteiger partial charge in [0, 0.05) is 36.4 Å². The summed E-state index contributed by atoms with van der Waals surface area (Å²) in [6.07, 6.45) is 9.64. The van der Waals surface area contributed by atoms with E-state index in [-0.39, 0.29) is 28.5 Å². The molecule has 0 aliphatic rings. The molecule has 0 aliphatic heterocycles. The van der Waals surface area contributed by atoms with Crippen LogP contribution in [0.25, 0.3) is 10.9 Å². The van der Waals surface area contributed by atoms with Crippen molar-refractivity contribution in [2.45, 2.75) is 50.3 Å². The standard InChI is InChI=1S/C30H30N6O4S/c1-20-13-21(14-29(37)35-22-17-34-36(18-22)30(2,3)4)5-8-27(20)40-28-9-10-33-26-7-6-24(15-25(26)28)41(38,39)19-23-16-31-11-12-32-23/h5-13,15-18H,14,19H2,1-4H3,(H,35,37). The van der Waals surface area contributed by atoms with Gasteiger partial charge >= 0.3 is 0 Å². The molecule has 0 saturated heterocycles. The Balaban J connectivity index is 1.32. The quantitative estimate of drug-likeness (QED) is 0.268. The number of hydrogen-bond acceptors (Lipinski definition) is 8. The second kappa shape index (κ2) is 11.1. The number of aryl methyl sites for hydroxylation is 1. The third-order valence-corrected chi connectivity index (χ3v) is 8.01. The SMILES string of the molecule is Cc1cc(CC(=O)Nc2cnn(C(C)(C)C)c2)ccc1Oc1ccnc2ccc(S(=O)(=O)Cc3cnccn3)cc12. The molecule has 0 fully saturated rings. The van der Waals surface area contributed by atoms with Crippen LogP contribution in [0.5, 0.6) is 11.5 Å². The highest BCUT2D eigenvalue weighted by molar-refractivity contribution is 7.90. The lowest BCUT2D eigenvalue weighted by Gasteiger charge is -2.18. The van der Waals surface area contributed by atoms with E-state index >= 15 is 0 Å². The average Bonchev–Trinajstić information content (AvgIpc) is 3.39. The van der Waals surface area contributed by atoms with Crippen molar-refractivity contribution in [1.82, 2.24) is 24.7 Å². The largest absolute Gasteiger partial charge is 0.456 e. The fraction of sp³-hybridized carbons (Fsp3) is 0.233. The number of aromatic nitrogens is 5. The Hall–Kier alpha value is -4.64. The number of sulfone groups is 1. The van der Waals surface area contributed by atoms with Crippen molar-refractivity contribution in [3.8, 4) is 11.5 Å². The van der Waals surface area contributed by atoms with Crippen LogP contribution in [0, 0.1) is 6.92 Å². The maximum atomic E-state index is 13.1. The van der Waals surface area contributed by atoms with Gasteiger partial charge in [-0.1, -0.05) is 12.1 Å². The zero-order valence-electron chi connectivity index (χ0n) is 23.2. The summed E-state index contributed by atoms with van der Waals surface area (Å²) in [7, 11) is -3.68. The van der Waals surface area contributed by atoms with Gasteiger partial charge in [0.25, 0.3) is 0 Å². The summed E-state index contributed by atoms with van der Waals surface area (Å²) < 4.78 is 34.2. The van der Waals surface area contributed by atoms with E-state index in [9.17, 15) is 13.2 Å². The molecule has 0 atom stereocenters. The maximum Gasteiger partial charge on any atom is 0.228 e. The summed E-state index contributed by atoms with van der Waals surface area (Å²) in [6, 6.07) is 12.0. The Labute approximate surface area is 238 Å². The predicted octanol–water partition coefficient (Wildman–Crippen LogP) is 5.23. The number of carbonyl (C=O) groups excluding carboxylic acids is 1. The first-order valence-corrected chi connectivity index (χ1v) is 14.6. The molecule has 0 unspecified atom stereocenters. The number of rotatable bonds is 8. The highest BCUT2D eigenvalue weighted by Gasteiger charge is 2.19. The van der Waals surface area contributed by atoms with Gasteiger partial charge in [-0.15, -0.1) is 0 Å². The van der Waals surface area contributed by atoms with Crippen LogP contribution in [0.4, 0.5) is 5.69 Å². The van der Waals surface area contributed by atoms with Crippen LogP contribution < -0.4 is 10.1 Å². The van der Waals surface area contributed by atoms with Crippen molar-refractivity contribution >= 4 is 32.3 Å². The van der Waals surface area contributed by atoms with E-state index in [0.717, 1.165) is 11.1 Å². The van der Waals surface area contributed by atoms with Crippen LogP contribution in [0.3, 0.4) is 0 Å². The van der Waals surface area contributed by atoms with Crippen molar-refractivity contribution in [1.29, 1.82) is 0 Å². The number of nitrogens with one attached hydrogen (secondary N) is 1. The molecule has 0 bridgehead atoms. The first kappa shape index (κ1) is 27.9. The molecule has 10 nitrogen and oxygen atoms in total. The van der Waals surface area contributed by atoms with Gasteiger partial charge in [-0.3, -0.25) is 24.4 Å². The summed E-state index contributed by atoms with van der Waals surface area (Å²) in [5, 5.41) is 7.77. The highest BCUT2D eigenvalue weighted by atomic mass is 32.2. The number of ether oxygens (including phenoxy) is 1. The van der Waals surface area contributed by atoms with E-state index in [0.29, 0.717) is 33.8 Å². The van der Waals surface area contributed by atoms with Gasteiger partial charge in [-0.25, -0.2) is 8.42 Å². The smallest absolute Gasteiger partial charge is 0.228 e. The molecular formula is C30H30N6O4S. The third-order valence-electron chi connectivity index (χ3n) is 6.36. The van der Waals surface area contributed by atoms with Crippen LogP contribution in [0.1, 0.15) is 37.6 Å². The number of carbonyl (C=O) groups is 1. The maximum absolute atomic E-state index is 13.1. The minimum Gasteiger partial charge on any atom is -0.456 e. The Morgan fingerprint density at radius 3 is 2.51 bits per heavy atom. The number of hydrogen-bond donors (Lipinski definition) is 1.